The molecular formula is C14H21ClN2O. The third-order valence-electron chi connectivity index (χ3n) is 3.80. The van der Waals surface area contributed by atoms with Gasteiger partial charge in [-0.2, -0.15) is 0 Å². The summed E-state index contributed by atoms with van der Waals surface area (Å²) in [6.45, 7) is 9.08. The molecule has 1 saturated heterocycles. The highest BCUT2D eigenvalue weighted by molar-refractivity contribution is 6.32. The molecule has 1 aliphatic heterocycles. The summed E-state index contributed by atoms with van der Waals surface area (Å²) in [5, 5.41) is 7.79. The second kappa shape index (κ2) is 5.47. The van der Waals surface area contributed by atoms with Gasteiger partial charge in [-0.15, -0.1) is 0 Å². The van der Waals surface area contributed by atoms with Gasteiger partial charge in [0.25, 0.3) is 0 Å². The van der Waals surface area contributed by atoms with Crippen molar-refractivity contribution in [2.75, 3.05) is 26.7 Å². The molecule has 1 atom stereocenters. The van der Waals surface area contributed by atoms with Gasteiger partial charge in [-0.05, 0) is 37.5 Å². The van der Waals surface area contributed by atoms with Gasteiger partial charge in [0.05, 0.1) is 7.11 Å². The van der Waals surface area contributed by atoms with Gasteiger partial charge in [-0.1, -0.05) is 11.6 Å². The first kappa shape index (κ1) is 13.7. The molecule has 1 aromatic rings. The van der Waals surface area contributed by atoms with E-state index in [2.05, 4.69) is 24.5 Å². The van der Waals surface area contributed by atoms with Crippen molar-refractivity contribution in [2.24, 2.45) is 0 Å². The van der Waals surface area contributed by atoms with Crippen molar-refractivity contribution in [2.45, 2.75) is 26.8 Å². The molecule has 0 saturated carbocycles. The molecule has 18 heavy (non-hydrogen) atoms. The predicted molar refractivity (Wildman–Crippen MR) is 75.8 cm³/mol. The first-order chi connectivity index (χ1) is 8.57. The van der Waals surface area contributed by atoms with Crippen molar-refractivity contribution in [3.8, 4) is 5.75 Å². The molecule has 1 heterocycles. The number of ether oxygens (including phenoxy) is 1. The van der Waals surface area contributed by atoms with Crippen LogP contribution in [0.1, 0.15) is 28.3 Å². The maximum Gasteiger partial charge on any atom is 0.127 e. The molecule has 1 fully saturated rings. The maximum atomic E-state index is 6.43. The second-order valence-corrected chi connectivity index (χ2v) is 5.22. The summed E-state index contributed by atoms with van der Waals surface area (Å²) >= 11 is 6.43. The molecule has 0 bridgehead atoms. The van der Waals surface area contributed by atoms with Crippen molar-refractivity contribution in [3.63, 3.8) is 0 Å². The zero-order valence-electron chi connectivity index (χ0n) is 11.5. The molecule has 2 N–H and O–H groups in total. The molecule has 0 radical (unpaired) electrons. The lowest BCUT2D eigenvalue weighted by atomic mass is 9.93. The predicted octanol–water partition coefficient (Wildman–Crippen LogP) is 2.51. The van der Waals surface area contributed by atoms with Gasteiger partial charge in [-0.25, -0.2) is 0 Å². The number of rotatable bonds is 2. The Balaban J connectivity index is 2.56. The van der Waals surface area contributed by atoms with E-state index >= 15 is 0 Å². The number of halogens is 1. The molecule has 0 amide bonds. The first-order valence-corrected chi connectivity index (χ1v) is 6.73. The molecule has 1 aromatic carbocycles. The first-order valence-electron chi connectivity index (χ1n) is 6.35. The van der Waals surface area contributed by atoms with E-state index < -0.39 is 0 Å². The summed E-state index contributed by atoms with van der Waals surface area (Å²) in [6.07, 6.45) is 0. The quantitative estimate of drug-likeness (QED) is 0.865. The topological polar surface area (TPSA) is 33.3 Å². The summed E-state index contributed by atoms with van der Waals surface area (Å²) in [7, 11) is 1.73. The Labute approximate surface area is 114 Å². The molecule has 2 rings (SSSR count). The van der Waals surface area contributed by atoms with Crippen LogP contribution < -0.4 is 15.4 Å². The van der Waals surface area contributed by atoms with Crippen LogP contribution in [0.2, 0.25) is 5.02 Å². The van der Waals surface area contributed by atoms with Crippen LogP contribution in [-0.2, 0) is 0 Å². The van der Waals surface area contributed by atoms with E-state index in [1.807, 2.05) is 6.92 Å². The standard InChI is InChI=1S/C14H21ClN2O/c1-8-9(2)14(18-4)12(10(3)13(8)15)11-7-16-5-6-17-11/h11,16-17H,5-7H2,1-4H3. The molecule has 4 heteroatoms. The number of hydrogen-bond acceptors (Lipinski definition) is 3. The van der Waals surface area contributed by atoms with E-state index in [9.17, 15) is 0 Å². The summed E-state index contributed by atoms with van der Waals surface area (Å²) in [4.78, 5) is 0. The fraction of sp³-hybridized carbons (Fsp3) is 0.571. The summed E-state index contributed by atoms with van der Waals surface area (Å²) in [5.41, 5.74) is 4.56. The fourth-order valence-electron chi connectivity index (χ4n) is 2.65. The van der Waals surface area contributed by atoms with Crippen LogP contribution in [0.4, 0.5) is 0 Å². The normalized spacial score (nSPS) is 19.9. The molecule has 0 spiro atoms. The Hall–Kier alpha value is -0.770. The Kier molecular flexibility index (Phi) is 4.15. The van der Waals surface area contributed by atoms with Crippen LogP contribution in [0.15, 0.2) is 0 Å². The number of methoxy groups -OCH3 is 1. The van der Waals surface area contributed by atoms with Crippen LogP contribution in [0, 0.1) is 20.8 Å². The van der Waals surface area contributed by atoms with Crippen LogP contribution in [0.25, 0.3) is 0 Å². The molecule has 3 nitrogen and oxygen atoms in total. The van der Waals surface area contributed by atoms with Crippen LogP contribution in [0.3, 0.4) is 0 Å². The van der Waals surface area contributed by atoms with Gasteiger partial charge in [-0.3, -0.25) is 0 Å². The van der Waals surface area contributed by atoms with Crippen LogP contribution in [0.5, 0.6) is 5.75 Å². The van der Waals surface area contributed by atoms with E-state index in [1.54, 1.807) is 7.11 Å². The van der Waals surface area contributed by atoms with E-state index in [0.717, 1.165) is 47.1 Å². The molecular weight excluding hydrogens is 248 g/mol. The number of benzene rings is 1. The molecule has 0 aromatic heterocycles. The zero-order valence-corrected chi connectivity index (χ0v) is 12.2. The largest absolute Gasteiger partial charge is 0.496 e. The highest BCUT2D eigenvalue weighted by Crippen LogP contribution is 2.39. The highest BCUT2D eigenvalue weighted by atomic mass is 35.5. The van der Waals surface area contributed by atoms with Gasteiger partial charge in [0.2, 0.25) is 0 Å². The minimum Gasteiger partial charge on any atom is -0.496 e. The van der Waals surface area contributed by atoms with Crippen molar-refractivity contribution in [3.05, 3.63) is 27.3 Å². The van der Waals surface area contributed by atoms with Crippen molar-refractivity contribution < 1.29 is 4.74 Å². The van der Waals surface area contributed by atoms with Crippen molar-refractivity contribution in [1.82, 2.24) is 10.6 Å². The van der Waals surface area contributed by atoms with Gasteiger partial charge in [0, 0.05) is 36.3 Å². The number of piperazine rings is 1. The van der Waals surface area contributed by atoms with Gasteiger partial charge in [0.1, 0.15) is 5.75 Å². The summed E-state index contributed by atoms with van der Waals surface area (Å²) in [6, 6.07) is 0.269. The lowest BCUT2D eigenvalue weighted by Crippen LogP contribution is -2.43. The van der Waals surface area contributed by atoms with Gasteiger partial charge >= 0.3 is 0 Å². The molecule has 0 aliphatic carbocycles. The van der Waals surface area contributed by atoms with Crippen LogP contribution in [-0.4, -0.2) is 26.7 Å². The van der Waals surface area contributed by atoms with Gasteiger partial charge < -0.3 is 15.4 Å². The van der Waals surface area contributed by atoms with Crippen molar-refractivity contribution in [1.29, 1.82) is 0 Å². The Bertz CT molecular complexity index is 454. The monoisotopic (exact) mass is 268 g/mol. The lowest BCUT2D eigenvalue weighted by molar-refractivity contribution is 0.378. The van der Waals surface area contributed by atoms with E-state index in [-0.39, 0.29) is 6.04 Å². The highest BCUT2D eigenvalue weighted by Gasteiger charge is 2.24. The van der Waals surface area contributed by atoms with E-state index in [4.69, 9.17) is 16.3 Å². The van der Waals surface area contributed by atoms with Crippen LogP contribution >= 0.6 is 11.6 Å². The minimum absolute atomic E-state index is 0.269. The smallest absolute Gasteiger partial charge is 0.127 e. The third-order valence-corrected chi connectivity index (χ3v) is 4.37. The van der Waals surface area contributed by atoms with Crippen molar-refractivity contribution >= 4 is 11.6 Å². The Morgan fingerprint density at radius 3 is 2.39 bits per heavy atom. The Morgan fingerprint density at radius 1 is 1.11 bits per heavy atom. The van der Waals surface area contributed by atoms with E-state index in [1.165, 1.54) is 5.56 Å². The summed E-state index contributed by atoms with van der Waals surface area (Å²) < 4.78 is 5.62. The fourth-order valence-corrected chi connectivity index (χ4v) is 2.89. The molecule has 1 aliphatic rings. The lowest BCUT2D eigenvalue weighted by Gasteiger charge is -2.29. The number of nitrogens with one attached hydrogen (secondary N) is 2. The molecule has 1 unspecified atom stereocenters. The molecule has 100 valence electrons. The second-order valence-electron chi connectivity index (χ2n) is 4.85. The average molecular weight is 269 g/mol. The average Bonchev–Trinajstić information content (AvgIpc) is 2.41. The Morgan fingerprint density at radius 2 is 1.83 bits per heavy atom. The zero-order chi connectivity index (χ0) is 13.3. The van der Waals surface area contributed by atoms with Gasteiger partial charge in [0.15, 0.2) is 0 Å². The number of hydrogen-bond donors (Lipinski definition) is 2. The maximum absolute atomic E-state index is 6.43. The summed E-state index contributed by atoms with van der Waals surface area (Å²) in [5.74, 6) is 0.968. The third kappa shape index (κ3) is 2.22. The minimum atomic E-state index is 0.269. The SMILES string of the molecule is COc1c(C)c(C)c(Cl)c(C)c1C1CNCCN1. The van der Waals surface area contributed by atoms with E-state index in [0.29, 0.717) is 0 Å².